The standard InChI is InChI=1S/C22H16N4O3/c1-28-16-9-7-14(8-10-16)19-21-20(25-13-24-19)15(11-23)12-26(21)18-6-4-3-5-17(18)22(27)29-2/h3-10,12-13H,1-2H3. The van der Waals surface area contributed by atoms with Crippen molar-refractivity contribution in [2.75, 3.05) is 14.2 Å². The normalized spacial score (nSPS) is 10.5. The number of fused-ring (bicyclic) bond motifs is 1. The molecule has 0 bridgehead atoms. The second-order valence-electron chi connectivity index (χ2n) is 6.18. The van der Waals surface area contributed by atoms with E-state index in [4.69, 9.17) is 9.47 Å². The second-order valence-corrected chi connectivity index (χ2v) is 6.18. The van der Waals surface area contributed by atoms with Crippen molar-refractivity contribution in [2.24, 2.45) is 0 Å². The van der Waals surface area contributed by atoms with Crippen LogP contribution < -0.4 is 4.74 Å². The Morgan fingerprint density at radius 3 is 2.52 bits per heavy atom. The Labute approximate surface area is 166 Å². The zero-order chi connectivity index (χ0) is 20.4. The summed E-state index contributed by atoms with van der Waals surface area (Å²) in [4.78, 5) is 21.1. The van der Waals surface area contributed by atoms with E-state index < -0.39 is 5.97 Å². The van der Waals surface area contributed by atoms with Crippen molar-refractivity contribution in [1.29, 1.82) is 5.26 Å². The SMILES string of the molecule is COC(=O)c1ccccc1-n1cc(C#N)c2ncnc(-c3ccc(OC)cc3)c21. The summed E-state index contributed by atoms with van der Waals surface area (Å²) >= 11 is 0. The van der Waals surface area contributed by atoms with Crippen LogP contribution in [-0.2, 0) is 4.74 Å². The fourth-order valence-electron chi connectivity index (χ4n) is 3.26. The smallest absolute Gasteiger partial charge is 0.339 e. The number of methoxy groups -OCH3 is 2. The number of nitriles is 1. The molecule has 0 radical (unpaired) electrons. The van der Waals surface area contributed by atoms with Gasteiger partial charge in [0.2, 0.25) is 0 Å². The average molecular weight is 384 g/mol. The third kappa shape index (κ3) is 3.07. The van der Waals surface area contributed by atoms with Crippen LogP contribution in [0.15, 0.2) is 61.1 Å². The lowest BCUT2D eigenvalue weighted by Crippen LogP contribution is -2.07. The number of benzene rings is 2. The van der Waals surface area contributed by atoms with E-state index in [-0.39, 0.29) is 0 Å². The van der Waals surface area contributed by atoms with E-state index in [1.54, 1.807) is 36.1 Å². The molecule has 4 rings (SSSR count). The summed E-state index contributed by atoms with van der Waals surface area (Å²) in [6.45, 7) is 0. The number of ether oxygens (including phenoxy) is 2. The quantitative estimate of drug-likeness (QED) is 0.498. The number of hydrogen-bond donors (Lipinski definition) is 0. The van der Waals surface area contributed by atoms with Gasteiger partial charge < -0.3 is 14.0 Å². The molecule has 142 valence electrons. The number of esters is 1. The van der Waals surface area contributed by atoms with Gasteiger partial charge in [-0.2, -0.15) is 5.26 Å². The maximum absolute atomic E-state index is 12.3. The highest BCUT2D eigenvalue weighted by atomic mass is 16.5. The third-order valence-corrected chi connectivity index (χ3v) is 4.63. The first-order valence-corrected chi connectivity index (χ1v) is 8.76. The molecule has 4 aromatic rings. The van der Waals surface area contributed by atoms with Crippen molar-refractivity contribution in [1.82, 2.24) is 14.5 Å². The molecule has 0 atom stereocenters. The highest BCUT2D eigenvalue weighted by Crippen LogP contribution is 2.32. The Bertz CT molecular complexity index is 1250. The first-order chi connectivity index (χ1) is 14.2. The molecule has 2 heterocycles. The van der Waals surface area contributed by atoms with Crippen LogP contribution >= 0.6 is 0 Å². The van der Waals surface area contributed by atoms with Crippen LogP contribution in [0.5, 0.6) is 5.75 Å². The molecule has 2 aromatic heterocycles. The molecule has 7 nitrogen and oxygen atoms in total. The Morgan fingerprint density at radius 2 is 1.83 bits per heavy atom. The maximum atomic E-state index is 12.3. The molecule has 0 saturated heterocycles. The molecular weight excluding hydrogens is 368 g/mol. The van der Waals surface area contributed by atoms with Crippen LogP contribution in [0.2, 0.25) is 0 Å². The van der Waals surface area contributed by atoms with Gasteiger partial charge in [0.25, 0.3) is 0 Å². The van der Waals surface area contributed by atoms with Crippen LogP contribution in [0.4, 0.5) is 0 Å². The molecule has 0 saturated carbocycles. The Hall–Kier alpha value is -4.18. The predicted octanol–water partition coefficient (Wildman–Crippen LogP) is 3.75. The Morgan fingerprint density at radius 1 is 1.07 bits per heavy atom. The van der Waals surface area contributed by atoms with E-state index >= 15 is 0 Å². The molecule has 0 aliphatic carbocycles. The van der Waals surface area contributed by atoms with E-state index in [2.05, 4.69) is 16.0 Å². The number of carbonyl (C=O) groups is 1. The van der Waals surface area contributed by atoms with Crippen LogP contribution in [0.25, 0.3) is 28.0 Å². The minimum atomic E-state index is -0.469. The van der Waals surface area contributed by atoms with Crippen molar-refractivity contribution in [3.8, 4) is 28.8 Å². The molecule has 29 heavy (non-hydrogen) atoms. The van der Waals surface area contributed by atoms with E-state index in [0.29, 0.717) is 33.5 Å². The molecule has 0 N–H and O–H groups in total. The molecule has 0 spiro atoms. The van der Waals surface area contributed by atoms with Crippen molar-refractivity contribution in [3.63, 3.8) is 0 Å². The summed E-state index contributed by atoms with van der Waals surface area (Å²) in [6, 6.07) is 16.7. The first kappa shape index (κ1) is 18.2. The van der Waals surface area contributed by atoms with Crippen molar-refractivity contribution in [2.45, 2.75) is 0 Å². The zero-order valence-electron chi connectivity index (χ0n) is 15.8. The zero-order valence-corrected chi connectivity index (χ0v) is 15.8. The number of para-hydroxylation sites is 1. The summed E-state index contributed by atoms with van der Waals surface area (Å²) in [5.74, 6) is 0.256. The molecule has 0 aliphatic heterocycles. The van der Waals surface area contributed by atoms with Gasteiger partial charge in [0.05, 0.1) is 42.2 Å². The predicted molar refractivity (Wildman–Crippen MR) is 107 cm³/mol. The van der Waals surface area contributed by atoms with E-state index in [0.717, 1.165) is 11.3 Å². The van der Waals surface area contributed by atoms with Gasteiger partial charge in [-0.1, -0.05) is 12.1 Å². The largest absolute Gasteiger partial charge is 0.497 e. The van der Waals surface area contributed by atoms with Gasteiger partial charge in [-0.25, -0.2) is 14.8 Å². The van der Waals surface area contributed by atoms with Gasteiger partial charge in [0.15, 0.2) is 0 Å². The summed E-state index contributed by atoms with van der Waals surface area (Å²) in [7, 11) is 2.94. The highest BCUT2D eigenvalue weighted by molar-refractivity contribution is 5.98. The van der Waals surface area contributed by atoms with Crippen molar-refractivity contribution >= 4 is 17.0 Å². The van der Waals surface area contributed by atoms with Crippen LogP contribution in [0.1, 0.15) is 15.9 Å². The highest BCUT2D eigenvalue weighted by Gasteiger charge is 2.20. The minimum absolute atomic E-state index is 0.376. The molecule has 7 heteroatoms. The number of carbonyl (C=O) groups excluding carboxylic acids is 1. The summed E-state index contributed by atoms with van der Waals surface area (Å²) in [6.07, 6.45) is 3.09. The lowest BCUT2D eigenvalue weighted by atomic mass is 10.1. The summed E-state index contributed by atoms with van der Waals surface area (Å²) < 4.78 is 11.9. The molecule has 0 unspecified atom stereocenters. The average Bonchev–Trinajstić information content (AvgIpc) is 3.17. The molecule has 0 fully saturated rings. The first-order valence-electron chi connectivity index (χ1n) is 8.76. The van der Waals surface area contributed by atoms with Gasteiger partial charge in [-0.05, 0) is 36.4 Å². The molecular formula is C22H16N4O3. The lowest BCUT2D eigenvalue weighted by molar-refractivity contribution is 0.0601. The van der Waals surface area contributed by atoms with E-state index in [9.17, 15) is 10.1 Å². The number of hydrogen-bond acceptors (Lipinski definition) is 6. The number of rotatable bonds is 4. The fraction of sp³-hybridized carbons (Fsp3) is 0.0909. The number of nitrogens with zero attached hydrogens (tertiary/aromatic N) is 4. The molecule has 0 amide bonds. The lowest BCUT2D eigenvalue weighted by Gasteiger charge is -2.12. The molecule has 0 aliphatic rings. The fourth-order valence-corrected chi connectivity index (χ4v) is 3.26. The van der Waals surface area contributed by atoms with Crippen LogP contribution in [-0.4, -0.2) is 34.7 Å². The third-order valence-electron chi connectivity index (χ3n) is 4.63. The second kappa shape index (κ2) is 7.44. The summed E-state index contributed by atoms with van der Waals surface area (Å²) in [5.41, 5.74) is 3.95. The van der Waals surface area contributed by atoms with Crippen LogP contribution in [0, 0.1) is 11.3 Å². The van der Waals surface area contributed by atoms with Crippen molar-refractivity contribution < 1.29 is 14.3 Å². The maximum Gasteiger partial charge on any atom is 0.339 e. The van der Waals surface area contributed by atoms with Gasteiger partial charge >= 0.3 is 5.97 Å². The Kier molecular flexibility index (Phi) is 4.67. The number of aromatic nitrogens is 3. The summed E-state index contributed by atoms with van der Waals surface area (Å²) in [5, 5.41) is 9.62. The van der Waals surface area contributed by atoms with Gasteiger partial charge in [-0.15, -0.1) is 0 Å². The monoisotopic (exact) mass is 384 g/mol. The van der Waals surface area contributed by atoms with Gasteiger partial charge in [0, 0.05) is 11.8 Å². The minimum Gasteiger partial charge on any atom is -0.497 e. The van der Waals surface area contributed by atoms with Gasteiger partial charge in [-0.3, -0.25) is 0 Å². The van der Waals surface area contributed by atoms with Crippen molar-refractivity contribution in [3.05, 3.63) is 72.2 Å². The topological polar surface area (TPSA) is 90.0 Å². The molecule has 2 aromatic carbocycles. The van der Waals surface area contributed by atoms with Crippen LogP contribution in [0.3, 0.4) is 0 Å². The Balaban J connectivity index is 2.04. The van der Waals surface area contributed by atoms with Gasteiger partial charge in [0.1, 0.15) is 23.7 Å². The van der Waals surface area contributed by atoms with E-state index in [1.165, 1.54) is 13.4 Å². The van der Waals surface area contributed by atoms with E-state index in [1.807, 2.05) is 30.3 Å².